The minimum absolute atomic E-state index is 0. The van der Waals surface area contributed by atoms with Gasteiger partial charge in [-0.05, 0) is 12.1 Å². The van der Waals surface area contributed by atoms with Crippen LogP contribution in [0.4, 0.5) is 19.3 Å². The average molecular weight is 397 g/mol. The number of likely N-dealkylation sites (N-methyl/N-ethyl adjacent to an activating group) is 1. The van der Waals surface area contributed by atoms with Crippen LogP contribution in [0.1, 0.15) is 0 Å². The molecule has 1 aliphatic heterocycles. The van der Waals surface area contributed by atoms with E-state index in [1.807, 2.05) is 0 Å². The summed E-state index contributed by atoms with van der Waals surface area (Å²) in [5, 5.41) is 2.52. The summed E-state index contributed by atoms with van der Waals surface area (Å²) in [5.41, 5.74) is 0.141. The van der Waals surface area contributed by atoms with E-state index in [0.717, 1.165) is 35.8 Å². The molecule has 0 saturated carbocycles. The zero-order chi connectivity index (χ0) is 14.0. The Balaban J connectivity index is 0.00000200. The van der Waals surface area contributed by atoms with Crippen LogP contribution in [0, 0.1) is 11.6 Å². The summed E-state index contributed by atoms with van der Waals surface area (Å²) in [4.78, 5) is 13.6. The third kappa shape index (κ3) is 4.55. The highest BCUT2D eigenvalue weighted by Crippen LogP contribution is 2.14. The van der Waals surface area contributed by atoms with E-state index in [2.05, 4.69) is 19.4 Å². The topological polar surface area (TPSA) is 32.3 Å². The van der Waals surface area contributed by atoms with Gasteiger partial charge in [0.1, 0.15) is 11.6 Å². The second-order valence-electron chi connectivity index (χ2n) is 5.46. The van der Waals surface area contributed by atoms with Crippen molar-refractivity contribution in [3.63, 3.8) is 0 Å². The third-order valence-corrected chi connectivity index (χ3v) is 3.35. The summed E-state index contributed by atoms with van der Waals surface area (Å²) in [6.07, 6.45) is 0. The molecule has 0 bridgehead atoms. The number of halogens is 3. The monoisotopic (exact) mass is 397 g/mol. The Labute approximate surface area is 134 Å². The molecule has 1 heterocycles. The van der Waals surface area contributed by atoms with E-state index in [-0.39, 0.29) is 35.7 Å². The van der Waals surface area contributed by atoms with Gasteiger partial charge in [-0.25, -0.2) is 13.6 Å². The summed E-state index contributed by atoms with van der Waals surface area (Å²) >= 11 is 0. The van der Waals surface area contributed by atoms with Crippen LogP contribution in [0.5, 0.6) is 0 Å². The summed E-state index contributed by atoms with van der Waals surface area (Å²) < 4.78 is 26.9. The minimum atomic E-state index is -0.702. The van der Waals surface area contributed by atoms with Crippen molar-refractivity contribution in [2.75, 3.05) is 45.6 Å². The largest absolute Gasteiger partial charge is 1.00 e. The molecule has 7 heteroatoms. The number of anilines is 1. The van der Waals surface area contributed by atoms with Crippen LogP contribution >= 0.6 is 0 Å². The van der Waals surface area contributed by atoms with Crippen molar-refractivity contribution in [2.24, 2.45) is 0 Å². The highest BCUT2D eigenvalue weighted by Gasteiger charge is 2.27. The van der Waals surface area contributed by atoms with Gasteiger partial charge in [-0.1, -0.05) is 0 Å². The predicted octanol–water partition coefficient (Wildman–Crippen LogP) is -1.11. The number of amides is 2. The molecule has 0 spiro atoms. The lowest BCUT2D eigenvalue weighted by molar-refractivity contribution is -0.894. The lowest BCUT2D eigenvalue weighted by Crippen LogP contribution is -3.00. The highest BCUT2D eigenvalue weighted by atomic mass is 127. The number of hydrogen-bond donors (Lipinski definition) is 1. The smallest absolute Gasteiger partial charge is 0.322 e. The van der Waals surface area contributed by atoms with Gasteiger partial charge in [0, 0.05) is 11.8 Å². The second-order valence-corrected chi connectivity index (χ2v) is 5.46. The lowest BCUT2D eigenvalue weighted by atomic mass is 10.3. The maximum Gasteiger partial charge on any atom is 0.322 e. The van der Waals surface area contributed by atoms with Gasteiger partial charge in [0.05, 0.1) is 40.3 Å². The highest BCUT2D eigenvalue weighted by molar-refractivity contribution is 5.89. The number of nitrogens with one attached hydrogen (secondary N) is 1. The molecule has 20 heavy (non-hydrogen) atoms. The quantitative estimate of drug-likeness (QED) is 0.474. The van der Waals surface area contributed by atoms with Crippen LogP contribution in [0.2, 0.25) is 0 Å². The molecule has 1 aliphatic rings. The molecule has 0 radical (unpaired) electrons. The number of hydrogen-bond acceptors (Lipinski definition) is 1. The van der Waals surface area contributed by atoms with Gasteiger partial charge < -0.3 is 38.7 Å². The normalized spacial score (nSPS) is 17.3. The molecule has 1 aromatic rings. The Bertz CT molecular complexity index is 466. The number of benzene rings is 1. The maximum atomic E-state index is 13.0. The first-order chi connectivity index (χ1) is 8.85. The molecule has 0 unspecified atom stereocenters. The van der Waals surface area contributed by atoms with E-state index in [9.17, 15) is 13.6 Å². The molecule has 1 aromatic carbocycles. The molecule has 2 rings (SSSR count). The first-order valence-corrected chi connectivity index (χ1v) is 6.20. The molecule has 1 saturated heterocycles. The zero-order valence-corrected chi connectivity index (χ0v) is 13.7. The van der Waals surface area contributed by atoms with E-state index < -0.39 is 11.6 Å². The van der Waals surface area contributed by atoms with Crippen molar-refractivity contribution in [3.05, 3.63) is 29.8 Å². The Kier molecular flexibility index (Phi) is 5.69. The van der Waals surface area contributed by atoms with Gasteiger partial charge in [-0.15, -0.1) is 0 Å². The van der Waals surface area contributed by atoms with Crippen molar-refractivity contribution >= 4 is 11.7 Å². The van der Waals surface area contributed by atoms with Gasteiger partial charge in [0.25, 0.3) is 0 Å². The van der Waals surface area contributed by atoms with Crippen LogP contribution in [-0.4, -0.2) is 55.7 Å². The van der Waals surface area contributed by atoms with Crippen LogP contribution < -0.4 is 29.3 Å². The summed E-state index contributed by atoms with van der Waals surface area (Å²) in [6, 6.07) is 2.66. The van der Waals surface area contributed by atoms with Gasteiger partial charge in [0.15, 0.2) is 0 Å². The summed E-state index contributed by atoms with van der Waals surface area (Å²) in [7, 11) is 4.22. The van der Waals surface area contributed by atoms with Crippen molar-refractivity contribution in [1.29, 1.82) is 0 Å². The van der Waals surface area contributed by atoms with Gasteiger partial charge >= 0.3 is 6.03 Å². The number of carbonyl (C=O) groups is 1. The second kappa shape index (κ2) is 6.66. The third-order valence-electron chi connectivity index (χ3n) is 3.35. The van der Waals surface area contributed by atoms with Crippen molar-refractivity contribution in [1.82, 2.24) is 4.90 Å². The van der Waals surface area contributed by atoms with Crippen molar-refractivity contribution in [2.45, 2.75) is 0 Å². The maximum absolute atomic E-state index is 13.0. The molecular weight excluding hydrogens is 379 g/mol. The number of rotatable bonds is 1. The minimum Gasteiger partial charge on any atom is -1.00 e. The summed E-state index contributed by atoms with van der Waals surface area (Å²) in [6.45, 7) is 3.00. The number of quaternary nitrogens is 1. The fraction of sp³-hybridized carbons (Fsp3) is 0.462. The first-order valence-electron chi connectivity index (χ1n) is 6.20. The van der Waals surface area contributed by atoms with Gasteiger partial charge in [-0.3, -0.25) is 0 Å². The Morgan fingerprint density at radius 1 is 1.15 bits per heavy atom. The molecule has 1 N–H and O–H groups in total. The predicted molar refractivity (Wildman–Crippen MR) is 68.8 cm³/mol. The first kappa shape index (κ1) is 17.1. The molecule has 0 aliphatic carbocycles. The van der Waals surface area contributed by atoms with Crippen LogP contribution in [0.15, 0.2) is 18.2 Å². The average Bonchev–Trinajstić information content (AvgIpc) is 2.26. The number of nitrogens with zero attached hydrogens (tertiary/aromatic N) is 2. The number of piperazine rings is 1. The Hall–Kier alpha value is -0.960. The van der Waals surface area contributed by atoms with E-state index in [0.29, 0.717) is 13.1 Å². The molecular formula is C13H18F2IN3O. The van der Waals surface area contributed by atoms with Crippen molar-refractivity contribution < 1.29 is 42.0 Å². The van der Waals surface area contributed by atoms with Crippen molar-refractivity contribution in [3.8, 4) is 0 Å². The summed E-state index contributed by atoms with van der Waals surface area (Å²) in [5.74, 6) is -1.40. The van der Waals surface area contributed by atoms with E-state index >= 15 is 0 Å². The molecule has 0 atom stereocenters. The Morgan fingerprint density at radius 2 is 1.65 bits per heavy atom. The lowest BCUT2D eigenvalue weighted by Gasteiger charge is -2.38. The number of urea groups is 1. The van der Waals surface area contributed by atoms with Gasteiger partial charge in [-0.2, -0.15) is 0 Å². The van der Waals surface area contributed by atoms with Crippen LogP contribution in [0.25, 0.3) is 0 Å². The van der Waals surface area contributed by atoms with Gasteiger partial charge in [0.2, 0.25) is 0 Å². The number of carbonyl (C=O) groups excluding carboxylic acids is 1. The van der Waals surface area contributed by atoms with E-state index in [1.54, 1.807) is 4.90 Å². The van der Waals surface area contributed by atoms with E-state index in [4.69, 9.17) is 0 Å². The molecule has 2 amide bonds. The molecule has 1 fully saturated rings. The standard InChI is InChI=1S/C13H17F2N3O.HI/c1-18(2)5-3-17(4-6-18)13(19)16-12-8-10(14)7-11(15)9-12;/h7-9H,3-6H2,1-2H3;1H. The fourth-order valence-electron chi connectivity index (χ4n) is 2.04. The fourth-order valence-corrected chi connectivity index (χ4v) is 2.04. The molecule has 4 nitrogen and oxygen atoms in total. The molecule has 112 valence electrons. The zero-order valence-electron chi connectivity index (χ0n) is 11.5. The SMILES string of the molecule is C[N+]1(C)CCN(C(=O)Nc2cc(F)cc(F)c2)CC1.[I-]. The van der Waals surface area contributed by atoms with Crippen LogP contribution in [-0.2, 0) is 0 Å². The van der Waals surface area contributed by atoms with E-state index in [1.165, 1.54) is 0 Å². The Morgan fingerprint density at radius 3 is 2.15 bits per heavy atom. The van der Waals surface area contributed by atoms with Crippen LogP contribution in [0.3, 0.4) is 0 Å². The molecule has 0 aromatic heterocycles.